The van der Waals surface area contributed by atoms with E-state index in [2.05, 4.69) is 9.97 Å². The first-order chi connectivity index (χ1) is 5.88. The molecule has 0 bridgehead atoms. The molecular weight excluding hydrogens is 154 g/mol. The molecule has 4 nitrogen and oxygen atoms in total. The highest BCUT2D eigenvalue weighted by Gasteiger charge is 2.05. The van der Waals surface area contributed by atoms with Crippen LogP contribution in [0.15, 0.2) is 35.2 Å². The van der Waals surface area contributed by atoms with Gasteiger partial charge < -0.3 is 10.2 Å². The molecule has 0 unspecified atom stereocenters. The van der Waals surface area contributed by atoms with Crippen LogP contribution in [0.4, 0.5) is 5.82 Å². The molecule has 2 rings (SSSR count). The molecule has 60 valence electrons. The SMILES string of the molecule is Nc1nccnc1-c1ccco1. The largest absolute Gasteiger partial charge is 0.463 e. The zero-order valence-corrected chi connectivity index (χ0v) is 6.27. The molecule has 0 aromatic carbocycles. The van der Waals surface area contributed by atoms with Crippen molar-refractivity contribution in [2.45, 2.75) is 0 Å². The van der Waals surface area contributed by atoms with Gasteiger partial charge in [-0.05, 0) is 12.1 Å². The Bertz CT molecular complexity index is 370. The molecule has 0 atom stereocenters. The van der Waals surface area contributed by atoms with E-state index in [1.54, 1.807) is 30.8 Å². The van der Waals surface area contributed by atoms with Crippen molar-refractivity contribution in [3.8, 4) is 11.5 Å². The molecule has 0 radical (unpaired) electrons. The Kier molecular flexibility index (Phi) is 1.51. The van der Waals surface area contributed by atoms with Crippen LogP contribution < -0.4 is 5.73 Å². The average Bonchev–Trinajstić information content (AvgIpc) is 2.57. The Morgan fingerprint density at radius 3 is 2.75 bits per heavy atom. The zero-order valence-electron chi connectivity index (χ0n) is 6.27. The third-order valence-corrected chi connectivity index (χ3v) is 1.48. The first-order valence-electron chi connectivity index (χ1n) is 3.48. The van der Waals surface area contributed by atoms with Crippen molar-refractivity contribution >= 4 is 5.82 Å². The van der Waals surface area contributed by atoms with E-state index in [1.807, 2.05) is 0 Å². The van der Waals surface area contributed by atoms with E-state index in [9.17, 15) is 0 Å². The Labute approximate surface area is 69.1 Å². The van der Waals surface area contributed by atoms with Crippen LogP contribution in [-0.2, 0) is 0 Å². The molecule has 0 saturated carbocycles. The standard InChI is InChI=1S/C8H7N3O/c9-8-7(10-3-4-11-8)6-2-1-5-12-6/h1-5H,(H2,9,11). The molecule has 0 saturated heterocycles. The lowest BCUT2D eigenvalue weighted by Crippen LogP contribution is -1.94. The molecule has 0 aliphatic carbocycles. The Balaban J connectivity index is 2.55. The van der Waals surface area contributed by atoms with Gasteiger partial charge in [0.25, 0.3) is 0 Å². The maximum atomic E-state index is 5.58. The van der Waals surface area contributed by atoms with E-state index in [-0.39, 0.29) is 0 Å². The number of nitrogens with two attached hydrogens (primary N) is 1. The molecule has 4 heteroatoms. The lowest BCUT2D eigenvalue weighted by atomic mass is 10.3. The number of hydrogen-bond acceptors (Lipinski definition) is 4. The summed E-state index contributed by atoms with van der Waals surface area (Å²) in [5.41, 5.74) is 6.16. The molecule has 2 heterocycles. The van der Waals surface area contributed by atoms with Gasteiger partial charge >= 0.3 is 0 Å². The molecule has 0 amide bonds. The van der Waals surface area contributed by atoms with Gasteiger partial charge in [0, 0.05) is 12.4 Å². The van der Waals surface area contributed by atoms with Gasteiger partial charge in [-0.2, -0.15) is 0 Å². The van der Waals surface area contributed by atoms with E-state index in [1.165, 1.54) is 0 Å². The van der Waals surface area contributed by atoms with Gasteiger partial charge in [-0.15, -0.1) is 0 Å². The minimum absolute atomic E-state index is 0.382. The topological polar surface area (TPSA) is 64.9 Å². The van der Waals surface area contributed by atoms with Crippen molar-refractivity contribution in [1.82, 2.24) is 9.97 Å². The number of rotatable bonds is 1. The van der Waals surface area contributed by atoms with Crippen LogP contribution >= 0.6 is 0 Å². The first-order valence-corrected chi connectivity index (χ1v) is 3.48. The normalized spacial score (nSPS) is 10.0. The van der Waals surface area contributed by atoms with Crippen LogP contribution in [-0.4, -0.2) is 9.97 Å². The lowest BCUT2D eigenvalue weighted by molar-refractivity contribution is 0.580. The van der Waals surface area contributed by atoms with Crippen molar-refractivity contribution in [2.24, 2.45) is 0 Å². The number of furan rings is 1. The number of anilines is 1. The summed E-state index contributed by atoms with van der Waals surface area (Å²) in [5, 5.41) is 0. The van der Waals surface area contributed by atoms with E-state index in [0.29, 0.717) is 17.3 Å². The van der Waals surface area contributed by atoms with Gasteiger partial charge in [0.05, 0.1) is 6.26 Å². The number of nitrogens with zero attached hydrogens (tertiary/aromatic N) is 2. The van der Waals surface area contributed by atoms with Crippen molar-refractivity contribution in [2.75, 3.05) is 5.73 Å². The zero-order chi connectivity index (χ0) is 8.39. The highest BCUT2D eigenvalue weighted by Crippen LogP contribution is 2.20. The highest BCUT2D eigenvalue weighted by atomic mass is 16.3. The Hall–Kier alpha value is -1.84. The highest BCUT2D eigenvalue weighted by molar-refractivity contribution is 5.64. The maximum Gasteiger partial charge on any atom is 0.156 e. The molecule has 0 aliphatic rings. The van der Waals surface area contributed by atoms with Crippen molar-refractivity contribution in [1.29, 1.82) is 0 Å². The van der Waals surface area contributed by atoms with Gasteiger partial charge in [-0.3, -0.25) is 0 Å². The lowest BCUT2D eigenvalue weighted by Gasteiger charge is -1.97. The fraction of sp³-hybridized carbons (Fsp3) is 0. The fourth-order valence-electron chi connectivity index (χ4n) is 0.952. The monoisotopic (exact) mass is 161 g/mol. The fourth-order valence-corrected chi connectivity index (χ4v) is 0.952. The quantitative estimate of drug-likeness (QED) is 0.685. The third kappa shape index (κ3) is 1.03. The molecule has 0 aliphatic heterocycles. The predicted octanol–water partition coefficient (Wildman–Crippen LogP) is 1.32. The smallest absolute Gasteiger partial charge is 0.156 e. The van der Waals surface area contributed by atoms with Crippen LogP contribution in [0.3, 0.4) is 0 Å². The molecule has 0 spiro atoms. The Morgan fingerprint density at radius 1 is 1.25 bits per heavy atom. The van der Waals surface area contributed by atoms with Crippen molar-refractivity contribution in [3.63, 3.8) is 0 Å². The second-order valence-corrected chi connectivity index (χ2v) is 2.27. The van der Waals surface area contributed by atoms with Gasteiger partial charge in [-0.25, -0.2) is 9.97 Å². The van der Waals surface area contributed by atoms with E-state index in [0.717, 1.165) is 0 Å². The summed E-state index contributed by atoms with van der Waals surface area (Å²) >= 11 is 0. The van der Waals surface area contributed by atoms with Crippen LogP contribution in [0.1, 0.15) is 0 Å². The van der Waals surface area contributed by atoms with E-state index >= 15 is 0 Å². The number of nitrogen functional groups attached to an aromatic ring is 1. The van der Waals surface area contributed by atoms with Gasteiger partial charge in [0.15, 0.2) is 11.6 Å². The summed E-state index contributed by atoms with van der Waals surface area (Å²) in [7, 11) is 0. The molecule has 2 aromatic heterocycles. The van der Waals surface area contributed by atoms with Crippen LogP contribution in [0.2, 0.25) is 0 Å². The summed E-state index contributed by atoms with van der Waals surface area (Å²) in [5.74, 6) is 1.02. The van der Waals surface area contributed by atoms with Gasteiger partial charge in [0.2, 0.25) is 0 Å². The van der Waals surface area contributed by atoms with E-state index < -0.39 is 0 Å². The van der Waals surface area contributed by atoms with Crippen LogP contribution in [0, 0.1) is 0 Å². The van der Waals surface area contributed by atoms with Crippen molar-refractivity contribution < 1.29 is 4.42 Å². The second kappa shape index (κ2) is 2.65. The molecular formula is C8H7N3O. The number of hydrogen-bond donors (Lipinski definition) is 1. The van der Waals surface area contributed by atoms with Gasteiger partial charge in [-0.1, -0.05) is 0 Å². The van der Waals surface area contributed by atoms with Crippen molar-refractivity contribution in [3.05, 3.63) is 30.8 Å². The summed E-state index contributed by atoms with van der Waals surface area (Å²) in [4.78, 5) is 7.93. The molecule has 12 heavy (non-hydrogen) atoms. The van der Waals surface area contributed by atoms with Gasteiger partial charge in [0.1, 0.15) is 5.69 Å². The predicted molar refractivity (Wildman–Crippen MR) is 44.1 cm³/mol. The summed E-state index contributed by atoms with van der Waals surface area (Å²) in [6.07, 6.45) is 4.69. The second-order valence-electron chi connectivity index (χ2n) is 2.27. The third-order valence-electron chi connectivity index (χ3n) is 1.48. The molecule has 2 N–H and O–H groups in total. The minimum Gasteiger partial charge on any atom is -0.463 e. The summed E-state index contributed by atoms with van der Waals surface area (Å²) < 4.78 is 5.12. The van der Waals surface area contributed by atoms with Crippen LogP contribution in [0.25, 0.3) is 11.5 Å². The molecule has 2 aromatic rings. The maximum absolute atomic E-state index is 5.58. The average molecular weight is 161 g/mol. The summed E-state index contributed by atoms with van der Waals surface area (Å²) in [6.45, 7) is 0. The van der Waals surface area contributed by atoms with E-state index in [4.69, 9.17) is 10.2 Å². The first kappa shape index (κ1) is 6.84. The number of aromatic nitrogens is 2. The van der Waals surface area contributed by atoms with Crippen LogP contribution in [0.5, 0.6) is 0 Å². The summed E-state index contributed by atoms with van der Waals surface area (Å²) in [6, 6.07) is 3.57. The minimum atomic E-state index is 0.382. The Morgan fingerprint density at radius 2 is 2.08 bits per heavy atom. The molecule has 0 fully saturated rings.